The molecular formula is C11H15BrN2O2. The van der Waals surface area contributed by atoms with Crippen LogP contribution >= 0.6 is 15.9 Å². The molecule has 0 saturated heterocycles. The zero-order valence-corrected chi connectivity index (χ0v) is 10.6. The molecule has 0 aromatic heterocycles. The van der Waals surface area contributed by atoms with E-state index in [0.29, 0.717) is 22.1 Å². The number of amides is 1. The van der Waals surface area contributed by atoms with E-state index in [4.69, 9.17) is 10.8 Å². The van der Waals surface area contributed by atoms with E-state index in [1.165, 1.54) is 0 Å². The molecule has 0 aliphatic heterocycles. The standard InChI is InChI=1S/C11H15BrN2O2/c1-2-7(6-15)14-11(16)8-4-3-5-9(12)10(8)13/h3-5,7,15H,2,6,13H2,1H3,(H,14,16). The van der Waals surface area contributed by atoms with Gasteiger partial charge in [0.25, 0.3) is 5.91 Å². The number of rotatable bonds is 4. The average molecular weight is 287 g/mol. The van der Waals surface area contributed by atoms with Gasteiger partial charge >= 0.3 is 0 Å². The topological polar surface area (TPSA) is 75.3 Å². The fourth-order valence-electron chi connectivity index (χ4n) is 1.27. The van der Waals surface area contributed by atoms with Crippen molar-refractivity contribution in [1.29, 1.82) is 0 Å². The maximum Gasteiger partial charge on any atom is 0.253 e. The van der Waals surface area contributed by atoms with Gasteiger partial charge in [0.1, 0.15) is 0 Å². The Morgan fingerprint density at radius 2 is 2.31 bits per heavy atom. The molecule has 1 unspecified atom stereocenters. The van der Waals surface area contributed by atoms with Crippen LogP contribution in [0.5, 0.6) is 0 Å². The summed E-state index contributed by atoms with van der Waals surface area (Å²) in [4.78, 5) is 11.8. The molecule has 1 aromatic rings. The molecule has 0 spiro atoms. The number of para-hydroxylation sites is 1. The summed E-state index contributed by atoms with van der Waals surface area (Å²) in [7, 11) is 0. The molecule has 1 rings (SSSR count). The SMILES string of the molecule is CCC(CO)NC(=O)c1cccc(Br)c1N. The van der Waals surface area contributed by atoms with Crippen LogP contribution in [-0.4, -0.2) is 23.7 Å². The van der Waals surface area contributed by atoms with Crippen molar-refractivity contribution in [2.24, 2.45) is 0 Å². The third-order valence-electron chi connectivity index (χ3n) is 2.35. The summed E-state index contributed by atoms with van der Waals surface area (Å²) in [6.07, 6.45) is 0.677. The van der Waals surface area contributed by atoms with Crippen LogP contribution in [0.2, 0.25) is 0 Å². The molecule has 4 N–H and O–H groups in total. The smallest absolute Gasteiger partial charge is 0.253 e. The molecule has 1 atom stereocenters. The Hall–Kier alpha value is -1.07. The lowest BCUT2D eigenvalue weighted by atomic mass is 10.1. The van der Waals surface area contributed by atoms with Crippen molar-refractivity contribution in [2.75, 3.05) is 12.3 Å². The number of carbonyl (C=O) groups excluding carboxylic acids is 1. The van der Waals surface area contributed by atoms with Crippen molar-refractivity contribution < 1.29 is 9.90 Å². The number of anilines is 1. The second-order valence-corrected chi connectivity index (χ2v) is 4.32. The second-order valence-electron chi connectivity index (χ2n) is 3.46. The lowest BCUT2D eigenvalue weighted by Crippen LogP contribution is -2.37. The molecule has 0 fully saturated rings. The van der Waals surface area contributed by atoms with Crippen LogP contribution in [0.25, 0.3) is 0 Å². The fraction of sp³-hybridized carbons (Fsp3) is 0.364. The first-order chi connectivity index (χ1) is 7.60. The van der Waals surface area contributed by atoms with E-state index in [2.05, 4.69) is 21.2 Å². The summed E-state index contributed by atoms with van der Waals surface area (Å²) in [5, 5.41) is 11.7. The highest BCUT2D eigenvalue weighted by atomic mass is 79.9. The van der Waals surface area contributed by atoms with Crippen LogP contribution in [0.15, 0.2) is 22.7 Å². The highest BCUT2D eigenvalue weighted by molar-refractivity contribution is 9.10. The monoisotopic (exact) mass is 286 g/mol. The Balaban J connectivity index is 2.84. The molecule has 5 heteroatoms. The van der Waals surface area contributed by atoms with Crippen molar-refractivity contribution in [1.82, 2.24) is 5.32 Å². The summed E-state index contributed by atoms with van der Waals surface area (Å²) >= 11 is 3.26. The Morgan fingerprint density at radius 1 is 1.62 bits per heavy atom. The lowest BCUT2D eigenvalue weighted by molar-refractivity contribution is 0.0916. The third-order valence-corrected chi connectivity index (χ3v) is 3.04. The van der Waals surface area contributed by atoms with Crippen molar-refractivity contribution in [3.8, 4) is 0 Å². The quantitative estimate of drug-likeness (QED) is 0.735. The number of aliphatic hydroxyl groups excluding tert-OH is 1. The van der Waals surface area contributed by atoms with Gasteiger partial charge in [-0.15, -0.1) is 0 Å². The van der Waals surface area contributed by atoms with Crippen molar-refractivity contribution >= 4 is 27.5 Å². The van der Waals surface area contributed by atoms with Gasteiger partial charge in [0, 0.05) is 4.47 Å². The number of hydrogen-bond acceptors (Lipinski definition) is 3. The van der Waals surface area contributed by atoms with Crippen LogP contribution in [0, 0.1) is 0 Å². The van der Waals surface area contributed by atoms with Gasteiger partial charge in [0.15, 0.2) is 0 Å². The number of aliphatic hydroxyl groups is 1. The van der Waals surface area contributed by atoms with Crippen molar-refractivity contribution in [3.05, 3.63) is 28.2 Å². The van der Waals surface area contributed by atoms with E-state index in [0.717, 1.165) is 0 Å². The van der Waals surface area contributed by atoms with Crippen LogP contribution in [0.4, 0.5) is 5.69 Å². The number of nitrogens with one attached hydrogen (secondary N) is 1. The number of benzene rings is 1. The Kier molecular flexibility index (Phi) is 4.76. The van der Waals surface area contributed by atoms with E-state index in [9.17, 15) is 4.79 Å². The van der Waals surface area contributed by atoms with Gasteiger partial charge in [-0.05, 0) is 34.5 Å². The lowest BCUT2D eigenvalue weighted by Gasteiger charge is -2.15. The molecule has 0 bridgehead atoms. The number of nitrogen functional groups attached to an aromatic ring is 1. The summed E-state index contributed by atoms with van der Waals surface area (Å²) in [5.74, 6) is -0.264. The van der Waals surface area contributed by atoms with E-state index in [1.807, 2.05) is 6.92 Å². The highest BCUT2D eigenvalue weighted by Crippen LogP contribution is 2.22. The molecule has 1 amide bonds. The zero-order chi connectivity index (χ0) is 12.1. The number of nitrogens with two attached hydrogens (primary N) is 1. The Morgan fingerprint density at radius 3 is 2.88 bits per heavy atom. The molecule has 0 aliphatic rings. The van der Waals surface area contributed by atoms with Crippen molar-refractivity contribution in [2.45, 2.75) is 19.4 Å². The van der Waals surface area contributed by atoms with Gasteiger partial charge < -0.3 is 16.2 Å². The van der Waals surface area contributed by atoms with Crippen LogP contribution in [-0.2, 0) is 0 Å². The van der Waals surface area contributed by atoms with Crippen LogP contribution in [0.3, 0.4) is 0 Å². The fourth-order valence-corrected chi connectivity index (χ4v) is 1.64. The maximum atomic E-state index is 11.8. The number of carbonyl (C=O) groups is 1. The molecule has 0 radical (unpaired) electrons. The molecule has 4 nitrogen and oxygen atoms in total. The Labute approximate surface area is 103 Å². The molecule has 1 aromatic carbocycles. The highest BCUT2D eigenvalue weighted by Gasteiger charge is 2.14. The van der Waals surface area contributed by atoms with E-state index >= 15 is 0 Å². The second kappa shape index (κ2) is 5.86. The minimum atomic E-state index is -0.264. The molecule has 16 heavy (non-hydrogen) atoms. The van der Waals surface area contributed by atoms with Gasteiger partial charge in [-0.25, -0.2) is 0 Å². The number of hydrogen-bond donors (Lipinski definition) is 3. The van der Waals surface area contributed by atoms with Crippen molar-refractivity contribution in [3.63, 3.8) is 0 Å². The first-order valence-corrected chi connectivity index (χ1v) is 5.85. The summed E-state index contributed by atoms with van der Waals surface area (Å²) in [6.45, 7) is 1.82. The Bertz CT molecular complexity index is 378. The van der Waals surface area contributed by atoms with Gasteiger partial charge in [-0.2, -0.15) is 0 Å². The predicted octanol–water partition coefficient (Wildman–Crippen LogP) is 1.53. The van der Waals surface area contributed by atoms with E-state index in [-0.39, 0.29) is 18.6 Å². The van der Waals surface area contributed by atoms with Gasteiger partial charge in [0.2, 0.25) is 0 Å². The van der Waals surface area contributed by atoms with Crippen LogP contribution < -0.4 is 11.1 Å². The summed E-state index contributed by atoms with van der Waals surface area (Å²) < 4.78 is 0.692. The molecule has 0 heterocycles. The first kappa shape index (κ1) is 13.0. The minimum absolute atomic E-state index is 0.0733. The zero-order valence-electron chi connectivity index (χ0n) is 9.03. The predicted molar refractivity (Wildman–Crippen MR) is 67.2 cm³/mol. The minimum Gasteiger partial charge on any atom is -0.397 e. The molecular weight excluding hydrogens is 272 g/mol. The largest absolute Gasteiger partial charge is 0.397 e. The van der Waals surface area contributed by atoms with Gasteiger partial charge in [-0.1, -0.05) is 13.0 Å². The van der Waals surface area contributed by atoms with Crippen LogP contribution in [0.1, 0.15) is 23.7 Å². The average Bonchev–Trinajstić information content (AvgIpc) is 2.29. The summed E-state index contributed by atoms with van der Waals surface area (Å²) in [6, 6.07) is 4.94. The third kappa shape index (κ3) is 2.96. The molecule has 0 saturated carbocycles. The first-order valence-electron chi connectivity index (χ1n) is 5.05. The molecule has 88 valence electrons. The molecule has 0 aliphatic carbocycles. The van der Waals surface area contributed by atoms with Gasteiger partial charge in [-0.3, -0.25) is 4.79 Å². The number of halogens is 1. The normalized spacial score (nSPS) is 12.2. The van der Waals surface area contributed by atoms with E-state index in [1.54, 1.807) is 18.2 Å². The van der Waals surface area contributed by atoms with Gasteiger partial charge in [0.05, 0.1) is 23.9 Å². The maximum absolute atomic E-state index is 11.8. The summed E-state index contributed by atoms with van der Waals surface area (Å²) in [5.41, 5.74) is 6.60. The van der Waals surface area contributed by atoms with E-state index < -0.39 is 0 Å².